The summed E-state index contributed by atoms with van der Waals surface area (Å²) in [5.74, 6) is 1.49. The van der Waals surface area contributed by atoms with Crippen molar-refractivity contribution in [2.45, 2.75) is 6.54 Å². The standard InChI is InChI=1S/C24H30N6O2/c1-27-9-11-28(12-10-27)13-14-32-22-4-3-20-21(24(22)31-2)15-18-16-29(30-8-6-26-17-30)7-5-19(18)23(20)25/h3-8,15,17H,9-14,16,25H2,1-2H3. The van der Waals surface area contributed by atoms with Crippen LogP contribution >= 0.6 is 0 Å². The van der Waals surface area contributed by atoms with Crippen molar-refractivity contribution in [3.63, 3.8) is 0 Å². The van der Waals surface area contributed by atoms with Gasteiger partial charge < -0.3 is 20.1 Å². The van der Waals surface area contributed by atoms with Crippen molar-refractivity contribution in [2.75, 3.05) is 64.2 Å². The van der Waals surface area contributed by atoms with E-state index in [4.69, 9.17) is 15.2 Å². The van der Waals surface area contributed by atoms with E-state index in [0.717, 1.165) is 71.8 Å². The smallest absolute Gasteiger partial charge is 0.168 e. The summed E-state index contributed by atoms with van der Waals surface area (Å²) >= 11 is 0. The maximum absolute atomic E-state index is 6.59. The van der Waals surface area contributed by atoms with E-state index in [1.165, 1.54) is 0 Å². The first kappa shape index (κ1) is 20.7. The van der Waals surface area contributed by atoms with Crippen LogP contribution in [-0.2, 0) is 6.54 Å². The highest BCUT2D eigenvalue weighted by molar-refractivity contribution is 6.02. The Bertz CT molecular complexity index is 1120. The van der Waals surface area contributed by atoms with E-state index in [2.05, 4.69) is 39.0 Å². The predicted octanol–water partition coefficient (Wildman–Crippen LogP) is 2.38. The molecule has 0 amide bonds. The number of nitrogens with zero attached hydrogens (tertiary/aromatic N) is 5. The van der Waals surface area contributed by atoms with Gasteiger partial charge in [-0.15, -0.1) is 0 Å². The lowest BCUT2D eigenvalue weighted by atomic mass is 9.96. The minimum atomic E-state index is 0.628. The maximum atomic E-state index is 6.59. The van der Waals surface area contributed by atoms with Gasteiger partial charge in [0.1, 0.15) is 12.9 Å². The van der Waals surface area contributed by atoms with E-state index in [1.807, 2.05) is 29.2 Å². The highest BCUT2D eigenvalue weighted by Crippen LogP contribution is 2.41. The number of fused-ring (bicyclic) bond motifs is 2. The molecular formula is C24H30N6O2. The molecule has 1 aromatic heterocycles. The van der Waals surface area contributed by atoms with Crippen molar-refractivity contribution in [1.82, 2.24) is 19.5 Å². The van der Waals surface area contributed by atoms with Crippen molar-refractivity contribution < 1.29 is 9.47 Å². The van der Waals surface area contributed by atoms with Crippen LogP contribution in [0.1, 0.15) is 11.1 Å². The Morgan fingerprint density at radius 2 is 1.97 bits per heavy atom. The molecule has 0 aliphatic carbocycles. The molecule has 0 radical (unpaired) electrons. The van der Waals surface area contributed by atoms with Crippen LogP contribution in [0.2, 0.25) is 0 Å². The molecular weight excluding hydrogens is 404 g/mol. The Hall–Kier alpha value is -3.23. The summed E-state index contributed by atoms with van der Waals surface area (Å²) in [5.41, 5.74) is 9.55. The number of hydrogen-bond acceptors (Lipinski definition) is 7. The largest absolute Gasteiger partial charge is 0.492 e. The molecule has 2 N–H and O–H groups in total. The second-order valence-corrected chi connectivity index (χ2v) is 8.40. The third kappa shape index (κ3) is 3.87. The molecule has 2 aromatic carbocycles. The summed E-state index contributed by atoms with van der Waals surface area (Å²) < 4.78 is 13.9. The number of benzene rings is 2. The summed E-state index contributed by atoms with van der Waals surface area (Å²) in [7, 11) is 3.86. The molecule has 2 aliphatic heterocycles. The molecule has 0 bridgehead atoms. The Morgan fingerprint density at radius 3 is 2.72 bits per heavy atom. The molecule has 5 rings (SSSR count). The lowest BCUT2D eigenvalue weighted by Gasteiger charge is -2.32. The van der Waals surface area contributed by atoms with Crippen molar-refractivity contribution in [3.8, 4) is 11.5 Å². The lowest BCUT2D eigenvalue weighted by Crippen LogP contribution is -2.45. The van der Waals surface area contributed by atoms with E-state index < -0.39 is 0 Å². The molecule has 3 aromatic rings. The van der Waals surface area contributed by atoms with Crippen molar-refractivity contribution in [1.29, 1.82) is 0 Å². The molecule has 0 saturated carbocycles. The zero-order chi connectivity index (χ0) is 22.1. The molecule has 8 heteroatoms. The van der Waals surface area contributed by atoms with Crippen LogP contribution in [0.4, 0.5) is 5.69 Å². The number of imidazole rings is 1. The van der Waals surface area contributed by atoms with Crippen molar-refractivity contribution in [3.05, 3.63) is 54.2 Å². The van der Waals surface area contributed by atoms with Crippen molar-refractivity contribution in [2.24, 2.45) is 0 Å². The normalized spacial score (nSPS) is 17.0. The molecule has 2 aliphatic rings. The van der Waals surface area contributed by atoms with E-state index >= 15 is 0 Å². The van der Waals surface area contributed by atoms with Crippen LogP contribution in [0.3, 0.4) is 0 Å². The molecule has 0 spiro atoms. The number of rotatable bonds is 6. The zero-order valence-corrected chi connectivity index (χ0v) is 18.7. The van der Waals surface area contributed by atoms with Gasteiger partial charge in [-0.1, -0.05) is 0 Å². The Kier molecular flexibility index (Phi) is 5.63. The van der Waals surface area contributed by atoms with Gasteiger partial charge in [0, 0.05) is 73.3 Å². The summed E-state index contributed by atoms with van der Waals surface area (Å²) in [6, 6.07) is 6.17. The molecule has 168 valence electrons. The highest BCUT2D eigenvalue weighted by Gasteiger charge is 2.20. The summed E-state index contributed by atoms with van der Waals surface area (Å²) in [6.45, 7) is 6.61. The Morgan fingerprint density at radius 1 is 1.12 bits per heavy atom. The third-order valence-corrected chi connectivity index (χ3v) is 6.40. The average Bonchev–Trinajstić information content (AvgIpc) is 3.35. The third-order valence-electron chi connectivity index (χ3n) is 6.40. The van der Waals surface area contributed by atoms with Crippen LogP contribution in [0.25, 0.3) is 16.8 Å². The van der Waals surface area contributed by atoms with Crippen molar-refractivity contribution >= 4 is 22.5 Å². The van der Waals surface area contributed by atoms with Gasteiger partial charge in [-0.2, -0.15) is 0 Å². The highest BCUT2D eigenvalue weighted by atomic mass is 16.5. The molecule has 32 heavy (non-hydrogen) atoms. The summed E-state index contributed by atoms with van der Waals surface area (Å²) in [4.78, 5) is 8.95. The molecule has 8 nitrogen and oxygen atoms in total. The van der Waals surface area contributed by atoms with E-state index in [-0.39, 0.29) is 0 Å². The zero-order valence-electron chi connectivity index (χ0n) is 18.7. The fourth-order valence-electron chi connectivity index (χ4n) is 4.49. The average molecular weight is 435 g/mol. The van der Waals surface area contributed by atoms with Gasteiger partial charge in [0.25, 0.3) is 0 Å². The van der Waals surface area contributed by atoms with Gasteiger partial charge in [-0.25, -0.2) is 9.66 Å². The predicted molar refractivity (Wildman–Crippen MR) is 128 cm³/mol. The first-order chi connectivity index (χ1) is 15.6. The number of methoxy groups -OCH3 is 1. The van der Waals surface area contributed by atoms with E-state index in [1.54, 1.807) is 19.6 Å². The van der Waals surface area contributed by atoms with Crippen LogP contribution in [0.5, 0.6) is 11.5 Å². The summed E-state index contributed by atoms with van der Waals surface area (Å²) in [6.07, 6.45) is 9.56. The number of ether oxygens (including phenoxy) is 2. The monoisotopic (exact) mass is 434 g/mol. The minimum absolute atomic E-state index is 0.628. The maximum Gasteiger partial charge on any atom is 0.168 e. The molecule has 0 atom stereocenters. The van der Waals surface area contributed by atoms with Gasteiger partial charge in [-0.3, -0.25) is 9.91 Å². The molecule has 1 fully saturated rings. The van der Waals surface area contributed by atoms with Gasteiger partial charge in [0.05, 0.1) is 13.7 Å². The number of nitrogens with two attached hydrogens (primary N) is 1. The van der Waals surface area contributed by atoms with Gasteiger partial charge in [0.2, 0.25) is 0 Å². The Balaban J connectivity index is 1.40. The molecule has 3 heterocycles. The van der Waals surface area contributed by atoms with Gasteiger partial charge in [-0.05, 0) is 36.9 Å². The summed E-state index contributed by atoms with van der Waals surface area (Å²) in [5, 5.41) is 4.04. The van der Waals surface area contributed by atoms with Crippen LogP contribution in [0, 0.1) is 0 Å². The second-order valence-electron chi connectivity index (χ2n) is 8.40. The SMILES string of the molecule is COc1c(OCCN2CCN(C)CC2)ccc2c(N)c3c(cc12)CN(n1ccnc1)C=C3. The van der Waals surface area contributed by atoms with Crippen LogP contribution in [0.15, 0.2) is 43.1 Å². The van der Waals surface area contributed by atoms with E-state index in [9.17, 15) is 0 Å². The van der Waals surface area contributed by atoms with Crippen LogP contribution in [-0.4, -0.2) is 72.9 Å². The van der Waals surface area contributed by atoms with Gasteiger partial charge in [0.15, 0.2) is 11.5 Å². The first-order valence-corrected chi connectivity index (χ1v) is 11.0. The van der Waals surface area contributed by atoms with Gasteiger partial charge >= 0.3 is 0 Å². The number of hydrogen-bond donors (Lipinski definition) is 1. The van der Waals surface area contributed by atoms with Crippen LogP contribution < -0.4 is 20.2 Å². The second kappa shape index (κ2) is 8.72. The minimum Gasteiger partial charge on any atom is -0.492 e. The fourth-order valence-corrected chi connectivity index (χ4v) is 4.49. The Labute approximate surface area is 188 Å². The lowest BCUT2D eigenvalue weighted by molar-refractivity contribution is 0.133. The first-order valence-electron chi connectivity index (χ1n) is 11.0. The molecule has 0 unspecified atom stereocenters. The number of piperazine rings is 1. The number of nitrogen functional groups attached to an aromatic ring is 1. The topological polar surface area (TPSA) is 72.0 Å². The quantitative estimate of drug-likeness (QED) is 0.597. The number of likely N-dealkylation sites (N-methyl/N-ethyl adjacent to an activating group) is 1. The number of anilines is 1. The van der Waals surface area contributed by atoms with E-state index in [0.29, 0.717) is 13.2 Å². The fraction of sp³-hybridized carbons (Fsp3) is 0.375. The molecule has 1 saturated heterocycles. The number of aromatic nitrogens is 2.